The Morgan fingerprint density at radius 2 is 2.04 bits per heavy atom. The van der Waals surface area contributed by atoms with E-state index in [9.17, 15) is 13.2 Å². The third-order valence-corrected chi connectivity index (χ3v) is 3.75. The molecular formula is C18H19F3N2. The second-order valence-corrected chi connectivity index (χ2v) is 5.40. The maximum Gasteiger partial charge on any atom is 0.416 e. The molecule has 0 spiro atoms. The molecule has 0 atom stereocenters. The van der Waals surface area contributed by atoms with Gasteiger partial charge in [0.15, 0.2) is 0 Å². The van der Waals surface area contributed by atoms with Crippen LogP contribution in [-0.4, -0.2) is 9.61 Å². The van der Waals surface area contributed by atoms with Gasteiger partial charge in [0.05, 0.1) is 16.8 Å². The number of alkyl halides is 3. The van der Waals surface area contributed by atoms with Gasteiger partial charge in [0, 0.05) is 11.8 Å². The molecule has 23 heavy (non-hydrogen) atoms. The van der Waals surface area contributed by atoms with E-state index >= 15 is 0 Å². The number of hydrogen-bond donors (Lipinski definition) is 0. The van der Waals surface area contributed by atoms with Crippen LogP contribution >= 0.6 is 0 Å². The maximum absolute atomic E-state index is 13.0. The van der Waals surface area contributed by atoms with Gasteiger partial charge in [0.1, 0.15) is 0 Å². The zero-order chi connectivity index (χ0) is 17.2. The van der Waals surface area contributed by atoms with Gasteiger partial charge in [-0.15, -0.1) is 0 Å². The van der Waals surface area contributed by atoms with E-state index < -0.39 is 11.7 Å². The minimum atomic E-state index is -4.38. The highest BCUT2D eigenvalue weighted by Crippen LogP contribution is 2.32. The van der Waals surface area contributed by atoms with Crippen molar-refractivity contribution in [2.45, 2.75) is 33.4 Å². The highest BCUT2D eigenvalue weighted by atomic mass is 19.4. The fourth-order valence-corrected chi connectivity index (χ4v) is 2.30. The van der Waals surface area contributed by atoms with Crippen LogP contribution in [-0.2, 0) is 6.18 Å². The number of aryl methyl sites for hydroxylation is 1. The Morgan fingerprint density at radius 3 is 2.61 bits per heavy atom. The van der Waals surface area contributed by atoms with E-state index in [0.717, 1.165) is 24.1 Å². The minimum Gasteiger partial charge on any atom is -0.240 e. The number of halogens is 3. The summed E-state index contributed by atoms with van der Waals surface area (Å²) in [5.74, 6) is 0. The summed E-state index contributed by atoms with van der Waals surface area (Å²) in [7, 11) is 0. The maximum atomic E-state index is 13.0. The van der Waals surface area contributed by atoms with Crippen molar-refractivity contribution in [1.29, 1.82) is 0 Å². The Balaban J connectivity index is 2.67. The van der Waals surface area contributed by atoms with Gasteiger partial charge in [-0.05, 0) is 38.0 Å². The molecule has 122 valence electrons. The van der Waals surface area contributed by atoms with Crippen molar-refractivity contribution in [3.05, 3.63) is 65.5 Å². The Bertz CT molecular complexity index is 792. The number of hydrogen-bond acceptors (Lipinski definition) is 1. The lowest BCUT2D eigenvalue weighted by Crippen LogP contribution is -2.05. The third-order valence-electron chi connectivity index (χ3n) is 3.75. The molecule has 0 unspecified atom stereocenters. The lowest BCUT2D eigenvalue weighted by molar-refractivity contribution is -0.137. The molecule has 0 aliphatic rings. The molecule has 0 aromatic carbocycles. The second-order valence-electron chi connectivity index (χ2n) is 5.40. The first-order valence-corrected chi connectivity index (χ1v) is 7.34. The summed E-state index contributed by atoms with van der Waals surface area (Å²) in [6.07, 6.45) is 3.33. The van der Waals surface area contributed by atoms with Gasteiger partial charge in [0.2, 0.25) is 0 Å². The van der Waals surface area contributed by atoms with E-state index in [1.807, 2.05) is 26.0 Å². The molecule has 0 aliphatic carbocycles. The Labute approximate surface area is 133 Å². The van der Waals surface area contributed by atoms with Crippen LogP contribution in [0.3, 0.4) is 0 Å². The molecule has 2 nitrogen and oxygen atoms in total. The van der Waals surface area contributed by atoms with Crippen LogP contribution in [0.1, 0.15) is 37.1 Å². The zero-order valence-corrected chi connectivity index (χ0v) is 13.4. The van der Waals surface area contributed by atoms with Crippen LogP contribution in [0, 0.1) is 6.92 Å². The quantitative estimate of drug-likeness (QED) is 0.671. The number of rotatable bonds is 4. The van der Waals surface area contributed by atoms with Crippen LogP contribution in [0.25, 0.3) is 11.1 Å². The average molecular weight is 320 g/mol. The average Bonchev–Trinajstić information content (AvgIpc) is 2.82. The molecule has 0 radical (unpaired) electrons. The van der Waals surface area contributed by atoms with Gasteiger partial charge >= 0.3 is 6.18 Å². The van der Waals surface area contributed by atoms with E-state index in [1.54, 1.807) is 13.0 Å². The normalized spacial score (nSPS) is 13.7. The van der Waals surface area contributed by atoms with Crippen LogP contribution < -0.4 is 0 Å². The smallest absolute Gasteiger partial charge is 0.240 e. The fourth-order valence-electron chi connectivity index (χ4n) is 2.30. The van der Waals surface area contributed by atoms with Crippen molar-refractivity contribution in [3.8, 4) is 0 Å². The SMILES string of the molecule is C=C/C(=C\C=C(/C)CC)c1c(C)nn2ccc(C(F)(F)F)cc12. The molecule has 2 aromatic heterocycles. The van der Waals surface area contributed by atoms with Crippen molar-refractivity contribution in [2.75, 3.05) is 0 Å². The lowest BCUT2D eigenvalue weighted by atomic mass is 10.0. The van der Waals surface area contributed by atoms with Crippen molar-refractivity contribution < 1.29 is 13.2 Å². The van der Waals surface area contributed by atoms with E-state index in [1.165, 1.54) is 16.3 Å². The van der Waals surface area contributed by atoms with E-state index in [-0.39, 0.29) is 0 Å². The standard InChI is InChI=1S/C18H19F3N2/c1-5-12(3)7-8-14(6-2)17-13(4)22-23-10-9-15(11-16(17)23)18(19,20)21/h6-11H,2,5H2,1,3-4H3/b12-7+,14-8+. The van der Waals surface area contributed by atoms with Crippen LogP contribution in [0.4, 0.5) is 13.2 Å². The summed E-state index contributed by atoms with van der Waals surface area (Å²) in [6.45, 7) is 9.61. The van der Waals surface area contributed by atoms with Crippen molar-refractivity contribution in [2.24, 2.45) is 0 Å². The fraction of sp³-hybridized carbons (Fsp3) is 0.278. The molecule has 0 fully saturated rings. The van der Waals surface area contributed by atoms with Gasteiger partial charge in [-0.25, -0.2) is 4.52 Å². The van der Waals surface area contributed by atoms with Crippen LogP contribution in [0.15, 0.2) is 48.7 Å². The molecule has 0 N–H and O–H groups in total. The molecular weight excluding hydrogens is 301 g/mol. The molecule has 0 amide bonds. The molecule has 0 aliphatic heterocycles. The van der Waals surface area contributed by atoms with Gasteiger partial charge in [-0.2, -0.15) is 18.3 Å². The highest BCUT2D eigenvalue weighted by molar-refractivity contribution is 5.85. The zero-order valence-electron chi connectivity index (χ0n) is 13.4. The van der Waals surface area contributed by atoms with Crippen LogP contribution in [0.2, 0.25) is 0 Å². The van der Waals surface area contributed by atoms with Gasteiger partial charge in [-0.1, -0.05) is 37.3 Å². The summed E-state index contributed by atoms with van der Waals surface area (Å²) in [6, 6.07) is 2.16. The third kappa shape index (κ3) is 3.55. The topological polar surface area (TPSA) is 17.3 Å². The number of aromatic nitrogens is 2. The highest BCUT2D eigenvalue weighted by Gasteiger charge is 2.31. The van der Waals surface area contributed by atoms with E-state index in [2.05, 4.69) is 11.7 Å². The van der Waals surface area contributed by atoms with Crippen molar-refractivity contribution in [1.82, 2.24) is 9.61 Å². The van der Waals surface area contributed by atoms with E-state index in [0.29, 0.717) is 16.8 Å². The Kier molecular flexibility index (Phi) is 4.78. The molecule has 2 rings (SSSR count). The number of nitrogens with zero attached hydrogens (tertiary/aromatic N) is 2. The second kappa shape index (κ2) is 6.44. The van der Waals surface area contributed by atoms with Gasteiger partial charge in [0.25, 0.3) is 0 Å². The van der Waals surface area contributed by atoms with E-state index in [4.69, 9.17) is 0 Å². The summed E-state index contributed by atoms with van der Waals surface area (Å²) < 4.78 is 40.4. The minimum absolute atomic E-state index is 0.422. The summed E-state index contributed by atoms with van der Waals surface area (Å²) in [5.41, 5.74) is 3.00. The number of pyridine rings is 1. The lowest BCUT2D eigenvalue weighted by Gasteiger charge is -2.07. The Hall–Kier alpha value is -2.30. The first-order valence-electron chi connectivity index (χ1n) is 7.34. The Morgan fingerprint density at radius 1 is 1.35 bits per heavy atom. The van der Waals surface area contributed by atoms with Crippen LogP contribution in [0.5, 0.6) is 0 Å². The van der Waals surface area contributed by atoms with Gasteiger partial charge in [-0.3, -0.25) is 0 Å². The molecule has 0 saturated carbocycles. The summed E-state index contributed by atoms with van der Waals surface area (Å²) in [4.78, 5) is 0. The molecule has 0 saturated heterocycles. The first-order chi connectivity index (χ1) is 10.8. The number of fused-ring (bicyclic) bond motifs is 1. The predicted octanol–water partition coefficient (Wildman–Crippen LogP) is 5.59. The molecule has 5 heteroatoms. The van der Waals surface area contributed by atoms with Crippen molar-refractivity contribution in [3.63, 3.8) is 0 Å². The monoisotopic (exact) mass is 320 g/mol. The molecule has 2 heterocycles. The first kappa shape index (κ1) is 17.1. The largest absolute Gasteiger partial charge is 0.416 e. The van der Waals surface area contributed by atoms with Crippen molar-refractivity contribution >= 4 is 11.1 Å². The molecule has 0 bridgehead atoms. The molecule has 2 aromatic rings. The predicted molar refractivity (Wildman–Crippen MR) is 87.2 cm³/mol. The number of allylic oxidation sites excluding steroid dienone is 5. The summed E-state index contributed by atoms with van der Waals surface area (Å²) in [5, 5.41) is 4.29. The van der Waals surface area contributed by atoms with Gasteiger partial charge < -0.3 is 0 Å². The summed E-state index contributed by atoms with van der Waals surface area (Å²) >= 11 is 0.